The number of aliphatic hydroxyl groups excluding tert-OH is 1. The number of hydrogen-bond acceptors (Lipinski definition) is 7. The molecule has 5 atom stereocenters. The van der Waals surface area contributed by atoms with Gasteiger partial charge in [0, 0.05) is 23.3 Å². The molecule has 0 spiro atoms. The van der Waals surface area contributed by atoms with Gasteiger partial charge in [-0.15, -0.1) is 0 Å². The zero-order valence-corrected chi connectivity index (χ0v) is 16.2. The molecule has 1 saturated heterocycles. The van der Waals surface area contributed by atoms with Gasteiger partial charge in [0.2, 0.25) is 0 Å². The van der Waals surface area contributed by atoms with Gasteiger partial charge in [0.05, 0.1) is 12.0 Å². The Labute approximate surface area is 164 Å². The van der Waals surface area contributed by atoms with Crippen molar-refractivity contribution in [2.75, 3.05) is 6.61 Å². The molecule has 152 valence electrons. The highest BCUT2D eigenvalue weighted by Crippen LogP contribution is 2.37. The normalized spacial score (nSPS) is 30.8. The van der Waals surface area contributed by atoms with E-state index in [0.29, 0.717) is 31.3 Å². The third kappa shape index (κ3) is 4.48. The fourth-order valence-electron chi connectivity index (χ4n) is 3.34. The fourth-order valence-corrected chi connectivity index (χ4v) is 3.34. The second-order valence-electron chi connectivity index (χ2n) is 6.94. The van der Waals surface area contributed by atoms with Crippen LogP contribution in [0.15, 0.2) is 48.1 Å². The first kappa shape index (κ1) is 21.8. The average molecular weight is 390 g/mol. The molecule has 7 nitrogen and oxygen atoms in total. The van der Waals surface area contributed by atoms with Crippen LogP contribution < -0.4 is 0 Å². The molecule has 5 unspecified atom stereocenters. The predicted octanol–water partition coefficient (Wildman–Crippen LogP) is 1.81. The highest BCUT2D eigenvalue weighted by atomic mass is 16.6. The summed E-state index contributed by atoms with van der Waals surface area (Å²) in [7, 11) is 0. The van der Waals surface area contributed by atoms with Crippen LogP contribution in [0, 0.1) is 5.92 Å². The van der Waals surface area contributed by atoms with E-state index >= 15 is 0 Å². The molecule has 2 aliphatic rings. The Morgan fingerprint density at radius 2 is 2.11 bits per heavy atom. The molecule has 1 aliphatic carbocycles. The minimum atomic E-state index is -1.17. The number of hydrogen-bond donors (Lipinski definition) is 1. The summed E-state index contributed by atoms with van der Waals surface area (Å²) in [6.45, 7) is 14.8. The van der Waals surface area contributed by atoms with Crippen molar-refractivity contribution in [3.8, 4) is 0 Å². The molecule has 2 rings (SSSR count). The summed E-state index contributed by atoms with van der Waals surface area (Å²) in [6, 6.07) is 0. The van der Waals surface area contributed by atoms with Crippen molar-refractivity contribution in [2.45, 2.75) is 51.1 Å². The topological polar surface area (TPSA) is 99.1 Å². The first-order valence-electron chi connectivity index (χ1n) is 9.11. The lowest BCUT2D eigenvalue weighted by molar-refractivity contribution is -0.148. The average Bonchev–Trinajstić information content (AvgIpc) is 2.95. The van der Waals surface area contributed by atoms with Crippen LogP contribution in [0.1, 0.15) is 26.7 Å². The largest absolute Gasteiger partial charge is 0.455 e. The smallest absolute Gasteiger partial charge is 0.334 e. The molecule has 0 aromatic carbocycles. The van der Waals surface area contributed by atoms with E-state index < -0.39 is 42.3 Å². The lowest BCUT2D eigenvalue weighted by atomic mass is 9.82. The Kier molecular flexibility index (Phi) is 7.10. The van der Waals surface area contributed by atoms with Gasteiger partial charge in [-0.3, -0.25) is 4.79 Å². The number of ether oxygens (including phenoxy) is 3. The van der Waals surface area contributed by atoms with Gasteiger partial charge in [-0.2, -0.15) is 0 Å². The van der Waals surface area contributed by atoms with Gasteiger partial charge < -0.3 is 19.3 Å². The first-order valence-corrected chi connectivity index (χ1v) is 9.11. The second-order valence-corrected chi connectivity index (χ2v) is 6.94. The Morgan fingerprint density at radius 3 is 2.68 bits per heavy atom. The van der Waals surface area contributed by atoms with Crippen LogP contribution in [-0.2, 0) is 28.6 Å². The van der Waals surface area contributed by atoms with E-state index in [9.17, 15) is 19.5 Å². The molecule has 0 amide bonds. The van der Waals surface area contributed by atoms with E-state index in [-0.39, 0.29) is 16.7 Å². The van der Waals surface area contributed by atoms with Gasteiger partial charge in [-0.05, 0) is 38.3 Å². The summed E-state index contributed by atoms with van der Waals surface area (Å²) < 4.78 is 16.5. The van der Waals surface area contributed by atoms with Crippen LogP contribution in [-0.4, -0.2) is 54.4 Å². The minimum Gasteiger partial charge on any atom is -0.455 e. The van der Waals surface area contributed by atoms with Crippen molar-refractivity contribution in [3.05, 3.63) is 48.1 Å². The maximum atomic E-state index is 12.2. The summed E-state index contributed by atoms with van der Waals surface area (Å²) in [5.41, 5.74) is 0.902. The molecule has 0 saturated carbocycles. The fraction of sp³-hybridized carbons (Fsp3) is 0.476. The predicted molar refractivity (Wildman–Crippen MR) is 101 cm³/mol. The summed E-state index contributed by atoms with van der Waals surface area (Å²) in [5, 5.41) is 10.7. The van der Waals surface area contributed by atoms with E-state index in [1.54, 1.807) is 6.92 Å². The van der Waals surface area contributed by atoms with Gasteiger partial charge in [0.1, 0.15) is 24.6 Å². The maximum absolute atomic E-state index is 12.2. The monoisotopic (exact) mass is 390 g/mol. The molecule has 0 bridgehead atoms. The summed E-state index contributed by atoms with van der Waals surface area (Å²) >= 11 is 0. The van der Waals surface area contributed by atoms with E-state index in [4.69, 9.17) is 14.2 Å². The number of carbonyl (C=O) groups excluding carboxylic acids is 3. The van der Waals surface area contributed by atoms with Gasteiger partial charge >= 0.3 is 11.9 Å². The number of rotatable bonds is 5. The van der Waals surface area contributed by atoms with Gasteiger partial charge in [-0.1, -0.05) is 19.7 Å². The van der Waals surface area contributed by atoms with Crippen LogP contribution in [0.5, 0.6) is 0 Å². The van der Waals surface area contributed by atoms with E-state index in [1.807, 2.05) is 0 Å². The third-order valence-corrected chi connectivity index (χ3v) is 4.90. The summed E-state index contributed by atoms with van der Waals surface area (Å²) in [4.78, 5) is 36.1. The Bertz CT molecular complexity index is 733. The van der Waals surface area contributed by atoms with Crippen LogP contribution in [0.25, 0.3) is 0 Å². The van der Waals surface area contributed by atoms with Crippen LogP contribution >= 0.6 is 0 Å². The van der Waals surface area contributed by atoms with E-state index in [2.05, 4.69) is 19.7 Å². The number of aliphatic hydroxyl groups is 1. The van der Waals surface area contributed by atoms with E-state index in [1.165, 1.54) is 13.0 Å². The van der Waals surface area contributed by atoms with Crippen LogP contribution in [0.2, 0.25) is 0 Å². The SMILES string of the molecule is C=C(C)C(=O)OC1C=C(C=O)C(OCC)CCC(=C)C(O)C2OC(=O)C(=C)C12. The Hall–Kier alpha value is -2.51. The quantitative estimate of drug-likeness (QED) is 0.331. The molecule has 1 N–H and O–H groups in total. The third-order valence-electron chi connectivity index (χ3n) is 4.90. The minimum absolute atomic E-state index is 0.0476. The molecule has 7 heteroatoms. The second kappa shape index (κ2) is 9.12. The van der Waals surface area contributed by atoms with Gasteiger partial charge in [0.15, 0.2) is 0 Å². The lowest BCUT2D eigenvalue weighted by Crippen LogP contribution is -2.41. The highest BCUT2D eigenvalue weighted by molar-refractivity contribution is 5.92. The number of fused-ring (bicyclic) bond motifs is 1. The van der Waals surface area contributed by atoms with Crippen LogP contribution in [0.4, 0.5) is 0 Å². The molecule has 0 radical (unpaired) electrons. The number of aldehydes is 1. The molecule has 1 heterocycles. The Morgan fingerprint density at radius 1 is 1.43 bits per heavy atom. The molecule has 1 fully saturated rings. The molecular weight excluding hydrogens is 364 g/mol. The molecule has 0 aromatic rings. The molecule has 1 aliphatic heterocycles. The first-order chi connectivity index (χ1) is 13.2. The van der Waals surface area contributed by atoms with Crippen molar-refractivity contribution in [1.82, 2.24) is 0 Å². The van der Waals surface area contributed by atoms with Gasteiger partial charge in [0.25, 0.3) is 0 Å². The summed E-state index contributed by atoms with van der Waals surface area (Å²) in [6.07, 6.45) is -1.01. The molecular formula is C21H26O7. The van der Waals surface area contributed by atoms with Gasteiger partial charge in [-0.25, -0.2) is 9.59 Å². The lowest BCUT2D eigenvalue weighted by Gasteiger charge is -2.31. The standard InChI is InChI=1S/C21H26O7/c1-6-26-15-8-7-12(4)18(23)19-17(13(5)21(25)28-19)16(9-14(15)10-22)27-20(24)11(2)3/h9-10,15-19,23H,2,4-8H2,1,3H3. The number of carbonyl (C=O) groups is 3. The van der Waals surface area contributed by atoms with Crippen molar-refractivity contribution < 1.29 is 33.7 Å². The van der Waals surface area contributed by atoms with E-state index in [0.717, 1.165) is 0 Å². The zero-order chi connectivity index (χ0) is 21.0. The van der Waals surface area contributed by atoms with Crippen molar-refractivity contribution in [1.29, 1.82) is 0 Å². The number of esters is 2. The molecule has 0 aromatic heterocycles. The Balaban J connectivity index is 2.58. The zero-order valence-electron chi connectivity index (χ0n) is 16.2. The highest BCUT2D eigenvalue weighted by Gasteiger charge is 2.49. The van der Waals surface area contributed by atoms with Crippen molar-refractivity contribution in [3.63, 3.8) is 0 Å². The van der Waals surface area contributed by atoms with Crippen molar-refractivity contribution >= 4 is 18.2 Å². The van der Waals surface area contributed by atoms with Crippen LogP contribution in [0.3, 0.4) is 0 Å². The van der Waals surface area contributed by atoms with Crippen molar-refractivity contribution in [2.24, 2.45) is 5.92 Å². The molecule has 28 heavy (non-hydrogen) atoms. The maximum Gasteiger partial charge on any atom is 0.334 e. The summed E-state index contributed by atoms with van der Waals surface area (Å²) in [5.74, 6) is -2.27.